The van der Waals surface area contributed by atoms with Gasteiger partial charge in [-0.05, 0) is 30.8 Å². The molecule has 15 heavy (non-hydrogen) atoms. The fraction of sp³-hybridized carbons (Fsp3) is 0.273. The number of rotatable bonds is 3. The van der Waals surface area contributed by atoms with Gasteiger partial charge in [-0.15, -0.1) is 0 Å². The Balaban J connectivity index is 2.85. The third-order valence-corrected chi connectivity index (χ3v) is 2.11. The second kappa shape index (κ2) is 4.38. The summed E-state index contributed by atoms with van der Waals surface area (Å²) >= 11 is 0. The average Bonchev–Trinajstić information content (AvgIpc) is 2.17. The molecular formula is C11H12F3N. The third-order valence-electron chi connectivity index (χ3n) is 2.11. The lowest BCUT2D eigenvalue weighted by atomic mass is 10.1. The molecule has 0 amide bonds. The Bertz CT molecular complexity index is 327. The van der Waals surface area contributed by atoms with Crippen molar-refractivity contribution in [3.8, 4) is 0 Å². The molecule has 0 spiro atoms. The molecule has 0 aromatic heterocycles. The van der Waals surface area contributed by atoms with Crippen LogP contribution in [-0.2, 0) is 6.18 Å². The van der Waals surface area contributed by atoms with Crippen molar-refractivity contribution in [1.29, 1.82) is 0 Å². The lowest BCUT2D eigenvalue weighted by Crippen LogP contribution is -2.11. The molecule has 0 saturated heterocycles. The molecule has 1 N–H and O–H groups in total. The van der Waals surface area contributed by atoms with Gasteiger partial charge in [0, 0.05) is 6.04 Å². The molecule has 82 valence electrons. The van der Waals surface area contributed by atoms with Gasteiger partial charge in [-0.25, -0.2) is 0 Å². The fourth-order valence-electron chi connectivity index (χ4n) is 1.23. The maximum absolute atomic E-state index is 12.2. The zero-order chi connectivity index (χ0) is 11.5. The molecule has 1 rings (SSSR count). The van der Waals surface area contributed by atoms with E-state index in [1.165, 1.54) is 18.3 Å². The highest BCUT2D eigenvalue weighted by Crippen LogP contribution is 2.29. The molecule has 0 bridgehead atoms. The number of halogens is 3. The normalized spacial score (nSPS) is 13.3. The monoisotopic (exact) mass is 215 g/mol. The van der Waals surface area contributed by atoms with E-state index >= 15 is 0 Å². The van der Waals surface area contributed by atoms with Crippen molar-refractivity contribution in [1.82, 2.24) is 5.32 Å². The molecule has 0 heterocycles. The summed E-state index contributed by atoms with van der Waals surface area (Å²) < 4.78 is 36.7. The van der Waals surface area contributed by atoms with Gasteiger partial charge >= 0.3 is 6.18 Å². The second-order valence-electron chi connectivity index (χ2n) is 3.21. The van der Waals surface area contributed by atoms with E-state index < -0.39 is 11.7 Å². The van der Waals surface area contributed by atoms with Crippen LogP contribution in [0.3, 0.4) is 0 Å². The van der Waals surface area contributed by atoms with Crippen LogP contribution < -0.4 is 5.32 Å². The van der Waals surface area contributed by atoms with Gasteiger partial charge in [0.25, 0.3) is 0 Å². The van der Waals surface area contributed by atoms with Crippen LogP contribution in [0.2, 0.25) is 0 Å². The Labute approximate surface area is 86.6 Å². The van der Waals surface area contributed by atoms with E-state index in [4.69, 9.17) is 0 Å². The highest BCUT2D eigenvalue weighted by molar-refractivity contribution is 5.26. The lowest BCUT2D eigenvalue weighted by Gasteiger charge is -2.13. The van der Waals surface area contributed by atoms with Crippen LogP contribution in [0.5, 0.6) is 0 Å². The van der Waals surface area contributed by atoms with Crippen molar-refractivity contribution >= 4 is 0 Å². The Hall–Kier alpha value is -1.45. The number of benzene rings is 1. The summed E-state index contributed by atoms with van der Waals surface area (Å²) in [7, 11) is 0. The van der Waals surface area contributed by atoms with Crippen molar-refractivity contribution in [2.75, 3.05) is 0 Å². The van der Waals surface area contributed by atoms with Crippen LogP contribution in [0, 0.1) is 0 Å². The molecule has 1 nitrogen and oxygen atoms in total. The number of hydrogen-bond donors (Lipinski definition) is 1. The highest BCUT2D eigenvalue weighted by atomic mass is 19.4. The van der Waals surface area contributed by atoms with E-state index in [1.54, 1.807) is 0 Å². The standard InChI is InChI=1S/C11H12F3N/c1-3-15-8(2)9-4-6-10(7-5-9)11(12,13)14/h3-8,15H,1H2,2H3/t8-/m1/s1. The van der Waals surface area contributed by atoms with Crippen LogP contribution in [0.25, 0.3) is 0 Å². The molecule has 1 atom stereocenters. The molecule has 0 aliphatic rings. The SMILES string of the molecule is C=CN[C@H](C)c1ccc(C(F)(F)F)cc1. The van der Waals surface area contributed by atoms with E-state index in [-0.39, 0.29) is 6.04 Å². The molecule has 0 aliphatic carbocycles. The van der Waals surface area contributed by atoms with E-state index in [1.807, 2.05) is 6.92 Å². The topological polar surface area (TPSA) is 12.0 Å². The van der Waals surface area contributed by atoms with Crippen molar-refractivity contribution < 1.29 is 13.2 Å². The summed E-state index contributed by atoms with van der Waals surface area (Å²) in [6.45, 7) is 5.34. The van der Waals surface area contributed by atoms with Gasteiger partial charge in [0.05, 0.1) is 5.56 Å². The van der Waals surface area contributed by atoms with Crippen LogP contribution in [0.15, 0.2) is 37.0 Å². The zero-order valence-corrected chi connectivity index (χ0v) is 8.31. The van der Waals surface area contributed by atoms with Gasteiger partial charge in [-0.1, -0.05) is 18.7 Å². The molecule has 0 saturated carbocycles. The fourth-order valence-corrected chi connectivity index (χ4v) is 1.23. The van der Waals surface area contributed by atoms with E-state index in [0.29, 0.717) is 0 Å². The van der Waals surface area contributed by atoms with Gasteiger partial charge in [-0.2, -0.15) is 13.2 Å². The molecule has 0 fully saturated rings. The second-order valence-corrected chi connectivity index (χ2v) is 3.21. The molecule has 4 heteroatoms. The Morgan fingerprint density at radius 1 is 1.27 bits per heavy atom. The van der Waals surface area contributed by atoms with Gasteiger partial charge in [0.2, 0.25) is 0 Å². The number of nitrogens with one attached hydrogen (secondary N) is 1. The third kappa shape index (κ3) is 3.01. The summed E-state index contributed by atoms with van der Waals surface area (Å²) in [6, 6.07) is 5.05. The van der Waals surface area contributed by atoms with Crippen molar-refractivity contribution in [3.63, 3.8) is 0 Å². The predicted molar refractivity (Wildman–Crippen MR) is 53.2 cm³/mol. The first-order chi connectivity index (χ1) is 6.95. The molecule has 0 radical (unpaired) electrons. The molecule has 1 aromatic rings. The highest BCUT2D eigenvalue weighted by Gasteiger charge is 2.30. The first kappa shape index (κ1) is 11.6. The van der Waals surface area contributed by atoms with Gasteiger partial charge in [0.1, 0.15) is 0 Å². The minimum absolute atomic E-state index is 0.0372. The average molecular weight is 215 g/mol. The largest absolute Gasteiger partial charge is 0.416 e. The summed E-state index contributed by atoms with van der Waals surface area (Å²) in [6.07, 6.45) is -2.75. The summed E-state index contributed by atoms with van der Waals surface area (Å²) in [5, 5.41) is 2.90. The summed E-state index contributed by atoms with van der Waals surface area (Å²) in [5.41, 5.74) is 0.167. The lowest BCUT2D eigenvalue weighted by molar-refractivity contribution is -0.137. The Morgan fingerprint density at radius 2 is 1.80 bits per heavy atom. The number of hydrogen-bond acceptors (Lipinski definition) is 1. The van der Waals surface area contributed by atoms with Gasteiger partial charge in [0.15, 0.2) is 0 Å². The minimum Gasteiger partial charge on any atom is -0.385 e. The first-order valence-corrected chi connectivity index (χ1v) is 4.49. The predicted octanol–water partition coefficient (Wildman–Crippen LogP) is 3.50. The molecule has 0 unspecified atom stereocenters. The van der Waals surface area contributed by atoms with Crippen LogP contribution in [-0.4, -0.2) is 0 Å². The quantitative estimate of drug-likeness (QED) is 0.813. The van der Waals surface area contributed by atoms with E-state index in [0.717, 1.165) is 17.7 Å². The van der Waals surface area contributed by atoms with Gasteiger partial charge < -0.3 is 5.32 Å². The first-order valence-electron chi connectivity index (χ1n) is 4.49. The summed E-state index contributed by atoms with van der Waals surface area (Å²) in [5.74, 6) is 0. The van der Waals surface area contributed by atoms with Gasteiger partial charge in [-0.3, -0.25) is 0 Å². The Kier molecular flexibility index (Phi) is 3.39. The smallest absolute Gasteiger partial charge is 0.385 e. The van der Waals surface area contributed by atoms with Crippen molar-refractivity contribution in [2.45, 2.75) is 19.1 Å². The van der Waals surface area contributed by atoms with E-state index in [9.17, 15) is 13.2 Å². The van der Waals surface area contributed by atoms with Crippen molar-refractivity contribution in [2.24, 2.45) is 0 Å². The molecular weight excluding hydrogens is 203 g/mol. The molecule has 1 aromatic carbocycles. The number of alkyl halides is 3. The molecule has 0 aliphatic heterocycles. The van der Waals surface area contributed by atoms with E-state index in [2.05, 4.69) is 11.9 Å². The zero-order valence-electron chi connectivity index (χ0n) is 8.31. The minimum atomic E-state index is -4.27. The maximum Gasteiger partial charge on any atom is 0.416 e. The van der Waals surface area contributed by atoms with Crippen LogP contribution >= 0.6 is 0 Å². The van der Waals surface area contributed by atoms with Crippen LogP contribution in [0.1, 0.15) is 24.1 Å². The van der Waals surface area contributed by atoms with Crippen LogP contribution in [0.4, 0.5) is 13.2 Å². The Morgan fingerprint density at radius 3 is 2.20 bits per heavy atom. The maximum atomic E-state index is 12.2. The summed E-state index contributed by atoms with van der Waals surface area (Å²) in [4.78, 5) is 0. The van der Waals surface area contributed by atoms with Crippen molar-refractivity contribution in [3.05, 3.63) is 48.2 Å².